The maximum atomic E-state index is 11.0. The van der Waals surface area contributed by atoms with Gasteiger partial charge in [-0.1, -0.05) is 6.07 Å². The lowest BCUT2D eigenvalue weighted by atomic mass is 10.1. The predicted octanol–water partition coefficient (Wildman–Crippen LogP) is 1.59. The molecular formula is C9H8INO2. The van der Waals surface area contributed by atoms with Gasteiger partial charge in [-0.3, -0.25) is 9.59 Å². The highest BCUT2D eigenvalue weighted by Crippen LogP contribution is 2.14. The second-order valence-corrected chi connectivity index (χ2v) is 3.78. The third-order valence-corrected chi connectivity index (χ3v) is 2.58. The Morgan fingerprint density at radius 3 is 2.46 bits per heavy atom. The van der Waals surface area contributed by atoms with Crippen LogP contribution in [0, 0.1) is 3.57 Å². The number of ketones is 1. The summed E-state index contributed by atoms with van der Waals surface area (Å²) in [4.78, 5) is 21.9. The summed E-state index contributed by atoms with van der Waals surface area (Å²) in [6.45, 7) is 1.45. The van der Waals surface area contributed by atoms with E-state index in [1.54, 1.807) is 12.1 Å². The fraction of sp³-hybridized carbons (Fsp3) is 0.111. The Hall–Kier alpha value is -0.910. The van der Waals surface area contributed by atoms with Gasteiger partial charge in [-0.15, -0.1) is 0 Å². The Morgan fingerprint density at radius 1 is 1.38 bits per heavy atom. The van der Waals surface area contributed by atoms with Gasteiger partial charge in [0.1, 0.15) is 0 Å². The molecular weight excluding hydrogens is 281 g/mol. The van der Waals surface area contributed by atoms with Crippen LogP contribution in [0.1, 0.15) is 27.6 Å². The van der Waals surface area contributed by atoms with Crippen LogP contribution in [0.25, 0.3) is 0 Å². The molecule has 3 nitrogen and oxygen atoms in total. The zero-order valence-electron chi connectivity index (χ0n) is 7.00. The summed E-state index contributed by atoms with van der Waals surface area (Å²) >= 11 is 2.00. The molecule has 2 N–H and O–H groups in total. The topological polar surface area (TPSA) is 60.2 Å². The maximum absolute atomic E-state index is 11.0. The Kier molecular flexibility index (Phi) is 3.02. The fourth-order valence-corrected chi connectivity index (χ4v) is 1.53. The molecule has 13 heavy (non-hydrogen) atoms. The first-order valence-electron chi connectivity index (χ1n) is 3.62. The van der Waals surface area contributed by atoms with Gasteiger partial charge >= 0.3 is 0 Å². The number of rotatable bonds is 2. The van der Waals surface area contributed by atoms with Gasteiger partial charge in [-0.25, -0.2) is 0 Å². The quantitative estimate of drug-likeness (QED) is 0.664. The van der Waals surface area contributed by atoms with E-state index in [1.807, 2.05) is 22.6 Å². The third-order valence-electron chi connectivity index (χ3n) is 1.64. The molecule has 0 saturated heterocycles. The molecule has 0 bridgehead atoms. The molecule has 0 aliphatic heterocycles. The highest BCUT2D eigenvalue weighted by Gasteiger charge is 2.08. The Morgan fingerprint density at radius 2 is 2.00 bits per heavy atom. The number of nitrogens with two attached hydrogens (primary N) is 1. The summed E-state index contributed by atoms with van der Waals surface area (Å²) in [5.74, 6) is -0.577. The zero-order valence-corrected chi connectivity index (χ0v) is 9.16. The van der Waals surface area contributed by atoms with Crippen LogP contribution < -0.4 is 5.73 Å². The first-order valence-corrected chi connectivity index (χ1v) is 4.70. The highest BCUT2D eigenvalue weighted by atomic mass is 127. The Labute approximate surface area is 89.5 Å². The van der Waals surface area contributed by atoms with E-state index < -0.39 is 5.91 Å². The van der Waals surface area contributed by atoms with Crippen LogP contribution in [0.4, 0.5) is 0 Å². The van der Waals surface area contributed by atoms with Crippen LogP contribution in [0.15, 0.2) is 18.2 Å². The molecule has 0 fully saturated rings. The number of halogens is 1. The summed E-state index contributed by atoms with van der Waals surface area (Å²) in [7, 11) is 0. The summed E-state index contributed by atoms with van der Waals surface area (Å²) in [5.41, 5.74) is 6.03. The van der Waals surface area contributed by atoms with E-state index in [9.17, 15) is 9.59 Å². The van der Waals surface area contributed by atoms with E-state index in [4.69, 9.17) is 5.73 Å². The van der Waals surface area contributed by atoms with Crippen molar-refractivity contribution in [2.75, 3.05) is 0 Å². The Bertz CT molecular complexity index is 374. The number of benzene rings is 1. The molecule has 0 aliphatic rings. The van der Waals surface area contributed by atoms with Gasteiger partial charge in [0.05, 0.1) is 5.56 Å². The largest absolute Gasteiger partial charge is 0.366 e. The number of primary amides is 1. The molecule has 0 radical (unpaired) electrons. The van der Waals surface area contributed by atoms with Gasteiger partial charge in [0, 0.05) is 9.13 Å². The number of hydrogen-bond acceptors (Lipinski definition) is 2. The van der Waals surface area contributed by atoms with Crippen LogP contribution in [0.3, 0.4) is 0 Å². The van der Waals surface area contributed by atoms with E-state index in [2.05, 4.69) is 0 Å². The molecule has 0 saturated carbocycles. The number of hydrogen-bond donors (Lipinski definition) is 1. The lowest BCUT2D eigenvalue weighted by molar-refractivity contribution is 0.0999. The Balaban J connectivity index is 3.27. The molecule has 0 aromatic heterocycles. The van der Waals surface area contributed by atoms with Crippen molar-refractivity contribution in [3.63, 3.8) is 0 Å². The first kappa shape index (κ1) is 10.2. The minimum atomic E-state index is -0.507. The molecule has 1 aromatic rings. The van der Waals surface area contributed by atoms with Crippen LogP contribution in [0.2, 0.25) is 0 Å². The lowest BCUT2D eigenvalue weighted by Gasteiger charge is -2.01. The van der Waals surface area contributed by atoms with E-state index in [0.29, 0.717) is 11.1 Å². The zero-order chi connectivity index (χ0) is 10.0. The normalized spacial score (nSPS) is 9.69. The number of carbonyl (C=O) groups excluding carboxylic acids is 2. The molecule has 0 spiro atoms. The van der Waals surface area contributed by atoms with Crippen molar-refractivity contribution < 1.29 is 9.59 Å². The van der Waals surface area contributed by atoms with Gasteiger partial charge in [0.2, 0.25) is 5.91 Å². The van der Waals surface area contributed by atoms with Crippen molar-refractivity contribution in [1.82, 2.24) is 0 Å². The van der Waals surface area contributed by atoms with Crippen molar-refractivity contribution in [3.8, 4) is 0 Å². The summed E-state index contributed by atoms with van der Waals surface area (Å²) in [5, 5.41) is 0. The van der Waals surface area contributed by atoms with Gasteiger partial charge < -0.3 is 5.73 Å². The third kappa shape index (κ3) is 2.27. The minimum absolute atomic E-state index is 0.0705. The molecule has 0 unspecified atom stereocenters. The molecule has 0 atom stereocenters. The van der Waals surface area contributed by atoms with Crippen LogP contribution >= 0.6 is 22.6 Å². The van der Waals surface area contributed by atoms with E-state index in [0.717, 1.165) is 3.57 Å². The number of amides is 1. The van der Waals surface area contributed by atoms with Crippen molar-refractivity contribution in [2.45, 2.75) is 6.92 Å². The first-order chi connectivity index (χ1) is 6.02. The van der Waals surface area contributed by atoms with Gasteiger partial charge in [0.25, 0.3) is 0 Å². The lowest BCUT2D eigenvalue weighted by Crippen LogP contribution is -2.13. The average Bonchev–Trinajstić information content (AvgIpc) is 2.04. The molecule has 0 aliphatic carbocycles. The predicted molar refractivity (Wildman–Crippen MR) is 57.7 cm³/mol. The van der Waals surface area contributed by atoms with Gasteiger partial charge in [-0.05, 0) is 41.6 Å². The number of Topliss-reactive ketones (excluding diaryl/α,β-unsaturated/α-hetero) is 1. The van der Waals surface area contributed by atoms with E-state index in [-0.39, 0.29) is 5.78 Å². The monoisotopic (exact) mass is 289 g/mol. The average molecular weight is 289 g/mol. The van der Waals surface area contributed by atoms with Crippen molar-refractivity contribution in [1.29, 1.82) is 0 Å². The second kappa shape index (κ2) is 3.87. The molecule has 0 heterocycles. The van der Waals surface area contributed by atoms with E-state index in [1.165, 1.54) is 13.0 Å². The van der Waals surface area contributed by atoms with Crippen LogP contribution in [-0.4, -0.2) is 11.7 Å². The SMILES string of the molecule is CC(=O)c1ccc(I)c(C(N)=O)c1. The molecule has 68 valence electrons. The molecule has 1 aromatic carbocycles. The van der Waals surface area contributed by atoms with Gasteiger partial charge in [0.15, 0.2) is 5.78 Å². The van der Waals surface area contributed by atoms with Gasteiger partial charge in [-0.2, -0.15) is 0 Å². The van der Waals surface area contributed by atoms with Crippen molar-refractivity contribution >= 4 is 34.3 Å². The summed E-state index contributed by atoms with van der Waals surface area (Å²) in [6, 6.07) is 4.90. The minimum Gasteiger partial charge on any atom is -0.366 e. The molecule has 1 rings (SSSR count). The highest BCUT2D eigenvalue weighted by molar-refractivity contribution is 14.1. The second-order valence-electron chi connectivity index (χ2n) is 2.62. The van der Waals surface area contributed by atoms with Crippen LogP contribution in [-0.2, 0) is 0 Å². The maximum Gasteiger partial charge on any atom is 0.249 e. The van der Waals surface area contributed by atoms with Crippen molar-refractivity contribution in [2.24, 2.45) is 5.73 Å². The summed E-state index contributed by atoms with van der Waals surface area (Å²) in [6.07, 6.45) is 0. The fourth-order valence-electron chi connectivity index (χ4n) is 0.933. The van der Waals surface area contributed by atoms with E-state index >= 15 is 0 Å². The van der Waals surface area contributed by atoms with Crippen molar-refractivity contribution in [3.05, 3.63) is 32.9 Å². The smallest absolute Gasteiger partial charge is 0.249 e. The number of carbonyl (C=O) groups is 2. The molecule has 1 amide bonds. The standard InChI is InChI=1S/C9H8INO2/c1-5(12)6-2-3-8(10)7(4-6)9(11)13/h2-4H,1H3,(H2,11,13). The molecule has 4 heteroatoms. The summed E-state index contributed by atoms with van der Waals surface area (Å²) < 4.78 is 0.759. The van der Waals surface area contributed by atoms with Crippen LogP contribution in [0.5, 0.6) is 0 Å².